The highest BCUT2D eigenvalue weighted by molar-refractivity contribution is 5.92. The number of hydrogen-bond donors (Lipinski definition) is 0. The van der Waals surface area contributed by atoms with Crippen molar-refractivity contribution >= 4 is 11.9 Å². The molecule has 0 saturated heterocycles. The quantitative estimate of drug-likeness (QED) is 0.334. The van der Waals surface area contributed by atoms with Gasteiger partial charge in [0.2, 0.25) is 0 Å². The minimum absolute atomic E-state index is 0.378. The maximum Gasteiger partial charge on any atom is 0.336 e. The molecule has 0 amide bonds. The van der Waals surface area contributed by atoms with Crippen LogP contribution in [0.4, 0.5) is 0 Å². The van der Waals surface area contributed by atoms with Crippen molar-refractivity contribution in [1.29, 1.82) is 0 Å². The van der Waals surface area contributed by atoms with E-state index in [2.05, 4.69) is 6.92 Å². The van der Waals surface area contributed by atoms with Crippen molar-refractivity contribution in [1.82, 2.24) is 0 Å². The van der Waals surface area contributed by atoms with Crippen LogP contribution in [0.3, 0.4) is 0 Å². The van der Waals surface area contributed by atoms with E-state index in [4.69, 9.17) is 9.47 Å². The predicted molar refractivity (Wildman–Crippen MR) is 81.2 cm³/mol. The first-order valence-electron chi connectivity index (χ1n) is 7.17. The Balaban J connectivity index is 2.40. The van der Waals surface area contributed by atoms with Crippen molar-refractivity contribution < 1.29 is 19.1 Å². The normalized spacial score (nSPS) is 10.6. The molecule has 0 heterocycles. The van der Waals surface area contributed by atoms with E-state index < -0.39 is 11.9 Å². The molecular formula is C17H22O4. The van der Waals surface area contributed by atoms with Crippen LogP contribution in [-0.2, 0) is 14.3 Å². The summed E-state index contributed by atoms with van der Waals surface area (Å²) < 4.78 is 10.1. The molecule has 0 spiro atoms. The van der Waals surface area contributed by atoms with Crippen LogP contribution >= 0.6 is 0 Å². The van der Waals surface area contributed by atoms with E-state index in [1.807, 2.05) is 19.9 Å². The molecule has 114 valence electrons. The van der Waals surface area contributed by atoms with Crippen LogP contribution in [-0.4, -0.2) is 18.5 Å². The van der Waals surface area contributed by atoms with Crippen molar-refractivity contribution in [3.8, 4) is 5.75 Å². The molecule has 1 aromatic rings. The topological polar surface area (TPSA) is 52.6 Å². The minimum atomic E-state index is -0.594. The second kappa shape index (κ2) is 8.95. The summed E-state index contributed by atoms with van der Waals surface area (Å²) in [5, 5.41) is 0. The summed E-state index contributed by atoms with van der Waals surface area (Å²) in [4.78, 5) is 22.9. The van der Waals surface area contributed by atoms with Gasteiger partial charge in [0.25, 0.3) is 0 Å². The van der Waals surface area contributed by atoms with Gasteiger partial charge in [-0.1, -0.05) is 25.8 Å². The highest BCUT2D eigenvalue weighted by atomic mass is 16.5. The highest BCUT2D eigenvalue weighted by Crippen LogP contribution is 2.16. The molecule has 0 saturated carbocycles. The zero-order chi connectivity index (χ0) is 15.7. The standard InChI is InChI=1S/C17H22O4/c1-4-5-6-11-20-16(18)9-10-17(19)21-15-8-7-13(2)14(3)12-15/h7-10,12H,4-6,11H2,1-3H3/b10-9+. The lowest BCUT2D eigenvalue weighted by molar-refractivity contribution is -0.138. The Bertz CT molecular complexity index is 518. The van der Waals surface area contributed by atoms with E-state index in [1.165, 1.54) is 0 Å². The van der Waals surface area contributed by atoms with E-state index >= 15 is 0 Å². The van der Waals surface area contributed by atoms with Gasteiger partial charge in [-0.2, -0.15) is 0 Å². The summed E-state index contributed by atoms with van der Waals surface area (Å²) in [6, 6.07) is 5.38. The minimum Gasteiger partial charge on any atom is -0.463 e. The zero-order valence-corrected chi connectivity index (χ0v) is 12.8. The second-order valence-corrected chi connectivity index (χ2v) is 4.88. The van der Waals surface area contributed by atoms with E-state index in [-0.39, 0.29) is 0 Å². The lowest BCUT2D eigenvalue weighted by Crippen LogP contribution is -2.07. The summed E-state index contributed by atoms with van der Waals surface area (Å²) in [6.07, 6.45) is 5.09. The third kappa shape index (κ3) is 6.75. The fourth-order valence-corrected chi connectivity index (χ4v) is 1.64. The van der Waals surface area contributed by atoms with Crippen LogP contribution in [0, 0.1) is 13.8 Å². The van der Waals surface area contributed by atoms with Crippen LogP contribution in [0.25, 0.3) is 0 Å². The van der Waals surface area contributed by atoms with Crippen molar-refractivity contribution in [3.05, 3.63) is 41.5 Å². The predicted octanol–water partition coefficient (Wildman–Crippen LogP) is 3.50. The lowest BCUT2D eigenvalue weighted by Gasteiger charge is -2.04. The Morgan fingerprint density at radius 2 is 1.76 bits per heavy atom. The van der Waals surface area contributed by atoms with Crippen molar-refractivity contribution in [3.63, 3.8) is 0 Å². The largest absolute Gasteiger partial charge is 0.463 e. The number of ether oxygens (including phenoxy) is 2. The van der Waals surface area contributed by atoms with Gasteiger partial charge >= 0.3 is 11.9 Å². The van der Waals surface area contributed by atoms with Gasteiger partial charge in [-0.3, -0.25) is 0 Å². The number of carbonyl (C=O) groups is 2. The molecule has 0 N–H and O–H groups in total. The number of esters is 2. The number of aryl methyl sites for hydroxylation is 2. The third-order valence-electron chi connectivity index (χ3n) is 3.04. The Hall–Kier alpha value is -2.10. The average molecular weight is 290 g/mol. The van der Waals surface area contributed by atoms with Gasteiger partial charge in [0, 0.05) is 12.2 Å². The third-order valence-corrected chi connectivity index (χ3v) is 3.04. The Kier molecular flexibility index (Phi) is 7.23. The van der Waals surface area contributed by atoms with E-state index in [0.717, 1.165) is 42.5 Å². The first kappa shape index (κ1) is 17.0. The zero-order valence-electron chi connectivity index (χ0n) is 12.8. The molecule has 0 unspecified atom stereocenters. The monoisotopic (exact) mass is 290 g/mol. The van der Waals surface area contributed by atoms with Gasteiger partial charge in [-0.25, -0.2) is 9.59 Å². The molecule has 0 aliphatic carbocycles. The van der Waals surface area contributed by atoms with Gasteiger partial charge in [-0.15, -0.1) is 0 Å². The number of rotatable bonds is 7. The molecule has 0 fully saturated rings. The first-order chi connectivity index (χ1) is 10.0. The van der Waals surface area contributed by atoms with Crippen molar-refractivity contribution in [2.45, 2.75) is 40.0 Å². The SMILES string of the molecule is CCCCCOC(=O)/C=C/C(=O)Oc1ccc(C)c(C)c1. The van der Waals surface area contributed by atoms with Gasteiger partial charge in [0.15, 0.2) is 0 Å². The molecule has 1 aromatic carbocycles. The van der Waals surface area contributed by atoms with Crippen LogP contribution < -0.4 is 4.74 Å². The summed E-state index contributed by atoms with van der Waals surface area (Å²) in [5.41, 5.74) is 2.17. The Labute approximate surface area is 125 Å². The molecule has 4 heteroatoms. The molecule has 21 heavy (non-hydrogen) atoms. The van der Waals surface area contributed by atoms with Gasteiger partial charge < -0.3 is 9.47 Å². The lowest BCUT2D eigenvalue weighted by atomic mass is 10.1. The van der Waals surface area contributed by atoms with Crippen LogP contribution in [0.5, 0.6) is 5.75 Å². The summed E-state index contributed by atoms with van der Waals surface area (Å²) in [7, 11) is 0. The number of benzene rings is 1. The highest BCUT2D eigenvalue weighted by Gasteiger charge is 2.04. The second-order valence-electron chi connectivity index (χ2n) is 4.88. The van der Waals surface area contributed by atoms with Crippen molar-refractivity contribution in [2.75, 3.05) is 6.61 Å². The Morgan fingerprint density at radius 1 is 1.05 bits per heavy atom. The van der Waals surface area contributed by atoms with Gasteiger partial charge in [0.1, 0.15) is 5.75 Å². The Morgan fingerprint density at radius 3 is 2.43 bits per heavy atom. The molecule has 0 aliphatic rings. The van der Waals surface area contributed by atoms with Crippen LogP contribution in [0.2, 0.25) is 0 Å². The number of hydrogen-bond acceptors (Lipinski definition) is 4. The summed E-state index contributed by atoms with van der Waals surface area (Å²) in [6.45, 7) is 6.37. The summed E-state index contributed by atoms with van der Waals surface area (Å²) in [5.74, 6) is -0.657. The van der Waals surface area contributed by atoms with Gasteiger partial charge in [-0.05, 0) is 43.5 Å². The number of unbranched alkanes of at least 4 members (excludes halogenated alkanes) is 2. The van der Waals surface area contributed by atoms with Gasteiger partial charge in [0.05, 0.1) is 6.61 Å². The maximum atomic E-state index is 11.6. The van der Waals surface area contributed by atoms with E-state index in [9.17, 15) is 9.59 Å². The number of carbonyl (C=O) groups excluding carboxylic acids is 2. The van der Waals surface area contributed by atoms with Crippen LogP contribution in [0.15, 0.2) is 30.4 Å². The summed E-state index contributed by atoms with van der Waals surface area (Å²) >= 11 is 0. The molecule has 0 radical (unpaired) electrons. The molecule has 1 rings (SSSR count). The van der Waals surface area contributed by atoms with E-state index in [1.54, 1.807) is 12.1 Å². The molecule has 0 atom stereocenters. The first-order valence-corrected chi connectivity index (χ1v) is 7.17. The van der Waals surface area contributed by atoms with Crippen molar-refractivity contribution in [2.24, 2.45) is 0 Å². The smallest absolute Gasteiger partial charge is 0.336 e. The molecule has 0 aromatic heterocycles. The molecule has 0 aliphatic heterocycles. The molecule has 4 nitrogen and oxygen atoms in total. The molecular weight excluding hydrogens is 268 g/mol. The average Bonchev–Trinajstić information content (AvgIpc) is 2.45. The fourth-order valence-electron chi connectivity index (χ4n) is 1.64. The molecule has 0 bridgehead atoms. The fraction of sp³-hybridized carbons (Fsp3) is 0.412. The van der Waals surface area contributed by atoms with Crippen LogP contribution in [0.1, 0.15) is 37.3 Å². The maximum absolute atomic E-state index is 11.6. The van der Waals surface area contributed by atoms with E-state index in [0.29, 0.717) is 12.4 Å².